The van der Waals surface area contributed by atoms with Crippen molar-refractivity contribution in [2.24, 2.45) is 0 Å². The Morgan fingerprint density at radius 3 is 2.58 bits per heavy atom. The zero-order valence-corrected chi connectivity index (χ0v) is 18.5. The number of benzene rings is 2. The number of thiophene rings is 1. The van der Waals surface area contributed by atoms with Crippen LogP contribution < -0.4 is 5.32 Å². The standard InChI is InChI=1S/C25H27N3O2S/c1-19-8-10-20(11-9-19)18-27-12-4-13-28(15-14-27)25(30)21-5-2-6-22(17-21)26-24(29)23-7-3-16-31-23/h2-3,5-11,16-17H,4,12-15,18H2,1H3,(H,26,29). The number of carbonyl (C=O) groups excluding carboxylic acids is 2. The van der Waals surface area contributed by atoms with Crippen LogP contribution >= 0.6 is 11.3 Å². The molecular formula is C25H27N3O2S. The third kappa shape index (κ3) is 5.60. The van der Waals surface area contributed by atoms with Gasteiger partial charge in [0.25, 0.3) is 11.8 Å². The lowest BCUT2D eigenvalue weighted by molar-refractivity contribution is 0.0761. The summed E-state index contributed by atoms with van der Waals surface area (Å²) in [4.78, 5) is 30.4. The number of carbonyl (C=O) groups is 2. The third-order valence-electron chi connectivity index (χ3n) is 5.51. The average molecular weight is 434 g/mol. The number of anilines is 1. The lowest BCUT2D eigenvalue weighted by Gasteiger charge is -2.22. The van der Waals surface area contributed by atoms with Gasteiger partial charge in [-0.1, -0.05) is 42.0 Å². The summed E-state index contributed by atoms with van der Waals surface area (Å²) in [5, 5.41) is 4.76. The highest BCUT2D eigenvalue weighted by atomic mass is 32.1. The molecule has 0 radical (unpaired) electrons. The Hall–Kier alpha value is -2.96. The summed E-state index contributed by atoms with van der Waals surface area (Å²) in [6.07, 6.45) is 0.951. The molecule has 1 aliphatic heterocycles. The van der Waals surface area contributed by atoms with Gasteiger partial charge in [0.2, 0.25) is 0 Å². The Bertz CT molecular complexity index is 1030. The fourth-order valence-corrected chi connectivity index (χ4v) is 4.42. The van der Waals surface area contributed by atoms with E-state index in [1.54, 1.807) is 12.1 Å². The molecule has 2 amide bonds. The van der Waals surface area contributed by atoms with E-state index < -0.39 is 0 Å². The van der Waals surface area contributed by atoms with Gasteiger partial charge in [-0.2, -0.15) is 0 Å². The third-order valence-corrected chi connectivity index (χ3v) is 6.38. The summed E-state index contributed by atoms with van der Waals surface area (Å²) in [5.41, 5.74) is 3.82. The first-order chi connectivity index (χ1) is 15.1. The Morgan fingerprint density at radius 1 is 0.968 bits per heavy atom. The van der Waals surface area contributed by atoms with Crippen molar-refractivity contribution in [3.63, 3.8) is 0 Å². The summed E-state index contributed by atoms with van der Waals surface area (Å²) in [6, 6.07) is 19.5. The second-order valence-corrected chi connectivity index (χ2v) is 8.87. The van der Waals surface area contributed by atoms with E-state index in [2.05, 4.69) is 41.4 Å². The molecule has 0 bridgehead atoms. The van der Waals surface area contributed by atoms with Crippen molar-refractivity contribution in [1.82, 2.24) is 9.80 Å². The molecule has 1 aromatic heterocycles. The summed E-state index contributed by atoms with van der Waals surface area (Å²) in [7, 11) is 0. The number of rotatable bonds is 5. The molecule has 3 aromatic rings. The van der Waals surface area contributed by atoms with Gasteiger partial charge in [-0.3, -0.25) is 14.5 Å². The first-order valence-corrected chi connectivity index (χ1v) is 11.5. The zero-order chi connectivity index (χ0) is 21.6. The molecule has 31 heavy (non-hydrogen) atoms. The first-order valence-electron chi connectivity index (χ1n) is 10.6. The highest BCUT2D eigenvalue weighted by Crippen LogP contribution is 2.17. The number of nitrogens with zero attached hydrogens (tertiary/aromatic N) is 2. The maximum absolute atomic E-state index is 13.1. The lowest BCUT2D eigenvalue weighted by atomic mass is 10.1. The van der Waals surface area contributed by atoms with E-state index in [0.29, 0.717) is 22.7 Å². The van der Waals surface area contributed by atoms with Crippen LogP contribution in [0, 0.1) is 6.92 Å². The summed E-state index contributed by atoms with van der Waals surface area (Å²) < 4.78 is 0. The van der Waals surface area contributed by atoms with Gasteiger partial charge in [0.15, 0.2) is 0 Å². The zero-order valence-electron chi connectivity index (χ0n) is 17.7. The normalized spacial score (nSPS) is 14.8. The minimum absolute atomic E-state index is 0.0180. The highest BCUT2D eigenvalue weighted by Gasteiger charge is 2.21. The smallest absolute Gasteiger partial charge is 0.265 e. The number of amides is 2. The molecule has 6 heteroatoms. The van der Waals surface area contributed by atoms with Gasteiger partial charge in [-0.05, 0) is 48.6 Å². The van der Waals surface area contributed by atoms with Crippen LogP contribution in [0.2, 0.25) is 0 Å². The number of hydrogen-bond acceptors (Lipinski definition) is 4. The number of nitrogens with one attached hydrogen (secondary N) is 1. The summed E-state index contributed by atoms with van der Waals surface area (Å²) >= 11 is 1.40. The molecule has 0 aliphatic carbocycles. The monoisotopic (exact) mass is 433 g/mol. The van der Waals surface area contributed by atoms with E-state index in [9.17, 15) is 9.59 Å². The minimum Gasteiger partial charge on any atom is -0.337 e. The molecule has 1 N–H and O–H groups in total. The topological polar surface area (TPSA) is 52.6 Å². The minimum atomic E-state index is -0.152. The van der Waals surface area contributed by atoms with Gasteiger partial charge in [0.05, 0.1) is 4.88 Å². The molecule has 0 unspecified atom stereocenters. The van der Waals surface area contributed by atoms with Crippen molar-refractivity contribution in [1.29, 1.82) is 0 Å². The van der Waals surface area contributed by atoms with Crippen molar-refractivity contribution in [3.05, 3.63) is 87.6 Å². The van der Waals surface area contributed by atoms with Crippen LogP contribution in [0.15, 0.2) is 66.0 Å². The van der Waals surface area contributed by atoms with Crippen molar-refractivity contribution in [2.45, 2.75) is 19.9 Å². The van der Waals surface area contributed by atoms with Crippen LogP contribution in [-0.4, -0.2) is 47.8 Å². The van der Waals surface area contributed by atoms with Gasteiger partial charge >= 0.3 is 0 Å². The van der Waals surface area contributed by atoms with Gasteiger partial charge in [0.1, 0.15) is 0 Å². The Labute approximate surface area is 187 Å². The van der Waals surface area contributed by atoms with Crippen LogP contribution in [0.4, 0.5) is 5.69 Å². The van der Waals surface area contributed by atoms with Gasteiger partial charge in [0, 0.05) is 44.0 Å². The average Bonchev–Trinajstić information content (AvgIpc) is 3.23. The van der Waals surface area contributed by atoms with Gasteiger partial charge < -0.3 is 10.2 Å². The van der Waals surface area contributed by atoms with E-state index in [1.165, 1.54) is 22.5 Å². The molecule has 2 heterocycles. The molecule has 4 rings (SSSR count). The van der Waals surface area contributed by atoms with E-state index >= 15 is 0 Å². The van der Waals surface area contributed by atoms with E-state index in [-0.39, 0.29) is 11.8 Å². The molecule has 1 fully saturated rings. The SMILES string of the molecule is Cc1ccc(CN2CCCN(C(=O)c3cccc(NC(=O)c4cccs4)c3)CC2)cc1. The lowest BCUT2D eigenvalue weighted by Crippen LogP contribution is -2.35. The predicted molar refractivity (Wildman–Crippen MR) is 126 cm³/mol. The largest absolute Gasteiger partial charge is 0.337 e. The van der Waals surface area contributed by atoms with Crippen LogP contribution in [0.5, 0.6) is 0 Å². The van der Waals surface area contributed by atoms with Crippen molar-refractivity contribution in [2.75, 3.05) is 31.5 Å². The van der Waals surface area contributed by atoms with E-state index in [1.807, 2.05) is 34.5 Å². The predicted octanol–water partition coefficient (Wildman–Crippen LogP) is 4.66. The second kappa shape index (κ2) is 9.90. The van der Waals surface area contributed by atoms with Crippen LogP contribution in [0.3, 0.4) is 0 Å². The first kappa shape index (κ1) is 21.3. The van der Waals surface area contributed by atoms with E-state index in [0.717, 1.165) is 32.6 Å². The molecule has 1 aliphatic rings. The van der Waals surface area contributed by atoms with Crippen molar-refractivity contribution in [3.8, 4) is 0 Å². The van der Waals surface area contributed by atoms with Gasteiger partial charge in [-0.25, -0.2) is 0 Å². The fourth-order valence-electron chi connectivity index (χ4n) is 3.80. The van der Waals surface area contributed by atoms with Crippen molar-refractivity contribution < 1.29 is 9.59 Å². The molecule has 0 atom stereocenters. The molecule has 160 valence electrons. The second-order valence-electron chi connectivity index (χ2n) is 7.92. The molecule has 0 spiro atoms. The Kier molecular flexibility index (Phi) is 6.79. The molecule has 1 saturated heterocycles. The number of hydrogen-bond donors (Lipinski definition) is 1. The van der Waals surface area contributed by atoms with Crippen LogP contribution in [0.25, 0.3) is 0 Å². The fraction of sp³-hybridized carbons (Fsp3) is 0.280. The molecule has 2 aromatic carbocycles. The maximum Gasteiger partial charge on any atom is 0.265 e. The highest BCUT2D eigenvalue weighted by molar-refractivity contribution is 7.12. The quantitative estimate of drug-likeness (QED) is 0.637. The van der Waals surface area contributed by atoms with Gasteiger partial charge in [-0.15, -0.1) is 11.3 Å². The van der Waals surface area contributed by atoms with Crippen molar-refractivity contribution >= 4 is 28.8 Å². The van der Waals surface area contributed by atoms with Crippen LogP contribution in [0.1, 0.15) is 37.6 Å². The number of aryl methyl sites for hydroxylation is 1. The molecular weight excluding hydrogens is 406 g/mol. The molecule has 5 nitrogen and oxygen atoms in total. The Morgan fingerprint density at radius 2 is 1.81 bits per heavy atom. The summed E-state index contributed by atoms with van der Waals surface area (Å²) in [6.45, 7) is 6.29. The Balaban J connectivity index is 1.37. The summed E-state index contributed by atoms with van der Waals surface area (Å²) in [5.74, 6) is -0.134. The maximum atomic E-state index is 13.1. The van der Waals surface area contributed by atoms with E-state index in [4.69, 9.17) is 0 Å². The molecule has 0 saturated carbocycles. The van der Waals surface area contributed by atoms with Crippen LogP contribution in [-0.2, 0) is 6.54 Å².